The zero-order valence-electron chi connectivity index (χ0n) is 20.3. The molecule has 0 aliphatic rings. The van der Waals surface area contributed by atoms with Crippen molar-refractivity contribution in [1.82, 2.24) is 9.97 Å². The minimum Gasteiger partial charge on any atom is -0.484 e. The summed E-state index contributed by atoms with van der Waals surface area (Å²) >= 11 is 3.40. The molecule has 2 N–H and O–H groups in total. The minimum absolute atomic E-state index is 0.0232. The van der Waals surface area contributed by atoms with Crippen molar-refractivity contribution in [3.8, 4) is 5.75 Å². The van der Waals surface area contributed by atoms with Gasteiger partial charge in [-0.3, -0.25) is 9.78 Å². The molecule has 5 rings (SSSR count). The van der Waals surface area contributed by atoms with Gasteiger partial charge in [0.15, 0.2) is 11.6 Å². The average Bonchev–Trinajstić information content (AvgIpc) is 2.87. The maximum Gasteiger partial charge on any atom is 0.254 e. The smallest absolute Gasteiger partial charge is 0.254 e. The Balaban J connectivity index is 0.000000207. The first-order valence-electron chi connectivity index (χ1n) is 11.4. The van der Waals surface area contributed by atoms with Crippen molar-refractivity contribution >= 4 is 43.6 Å². The molecule has 0 radical (unpaired) electrons. The molecule has 0 atom stereocenters. The predicted molar refractivity (Wildman–Crippen MR) is 145 cm³/mol. The molecule has 8 heteroatoms. The second-order valence-electron chi connectivity index (χ2n) is 8.52. The van der Waals surface area contributed by atoms with Crippen LogP contribution in [-0.2, 0) is 11.9 Å². The summed E-state index contributed by atoms with van der Waals surface area (Å²) in [4.78, 5) is 20.1. The normalized spacial score (nSPS) is 10.7. The molecule has 0 saturated heterocycles. The molecule has 3 aromatic carbocycles. The van der Waals surface area contributed by atoms with Crippen LogP contribution in [0.25, 0.3) is 21.8 Å². The Labute approximate surface area is 221 Å². The fraction of sp³-hybridized carbons (Fsp3) is 0.138. The van der Waals surface area contributed by atoms with Crippen LogP contribution in [0.5, 0.6) is 5.75 Å². The monoisotopic (exact) mass is 563 g/mol. The molecule has 5 aromatic rings. The minimum atomic E-state index is -1.19. The Morgan fingerprint density at radius 1 is 0.838 bits per heavy atom. The Hall–Kier alpha value is -3.91. The third kappa shape index (κ3) is 6.27. The molecule has 0 unspecified atom stereocenters. The van der Waals surface area contributed by atoms with Crippen molar-refractivity contribution in [2.45, 2.75) is 25.8 Å². The van der Waals surface area contributed by atoms with Gasteiger partial charge >= 0.3 is 0 Å². The number of nitrogens with zero attached hydrogens (tertiary/aromatic N) is 2. The number of aryl methyl sites for hydroxylation is 2. The highest BCUT2D eigenvalue weighted by atomic mass is 79.9. The van der Waals surface area contributed by atoms with Gasteiger partial charge in [-0.25, -0.2) is 13.8 Å². The number of benzene rings is 3. The van der Waals surface area contributed by atoms with Crippen molar-refractivity contribution in [3.63, 3.8) is 0 Å². The number of pyridine rings is 2. The highest BCUT2D eigenvalue weighted by Crippen LogP contribution is 2.24. The highest BCUT2D eigenvalue weighted by molar-refractivity contribution is 9.08. The van der Waals surface area contributed by atoms with Gasteiger partial charge in [0.2, 0.25) is 0 Å². The second-order valence-corrected chi connectivity index (χ2v) is 9.08. The second kappa shape index (κ2) is 11.4. The summed E-state index contributed by atoms with van der Waals surface area (Å²) in [6, 6.07) is 22.1. The number of hydrogen-bond acceptors (Lipinski definition) is 4. The number of alkyl halides is 1. The molecule has 2 aromatic heterocycles. The molecule has 0 aliphatic heterocycles. The standard InChI is InChI=1S/C18H14F2N2O2.C11H10BrN/c1-10-2-3-11-4-5-12(22-14(11)8-10)9-24-15-7-6-13(19)16(17(15)20)18(21)23;1-8-2-3-9-4-5-10(7-12)13-11(9)6-8/h2-8H,9H2,1H3,(H2,21,23);2-6H,7H2,1H3. The van der Waals surface area contributed by atoms with Crippen molar-refractivity contribution in [1.29, 1.82) is 0 Å². The number of amides is 1. The number of nitrogens with two attached hydrogens (primary N) is 1. The molecule has 37 heavy (non-hydrogen) atoms. The van der Waals surface area contributed by atoms with E-state index in [2.05, 4.69) is 57.1 Å². The molecule has 0 bridgehead atoms. The predicted octanol–water partition coefficient (Wildman–Crippen LogP) is 6.94. The third-order valence-corrected chi connectivity index (χ3v) is 6.20. The molecule has 0 fully saturated rings. The van der Waals surface area contributed by atoms with Crippen molar-refractivity contribution in [2.24, 2.45) is 5.73 Å². The van der Waals surface area contributed by atoms with E-state index in [1.54, 1.807) is 6.07 Å². The van der Waals surface area contributed by atoms with Crippen molar-refractivity contribution in [3.05, 3.63) is 113 Å². The largest absolute Gasteiger partial charge is 0.484 e. The van der Waals surface area contributed by atoms with Crippen LogP contribution >= 0.6 is 15.9 Å². The number of primary amides is 1. The number of aromatic nitrogens is 2. The number of carbonyl (C=O) groups is 1. The van der Waals surface area contributed by atoms with Crippen molar-refractivity contribution in [2.75, 3.05) is 0 Å². The third-order valence-electron chi connectivity index (χ3n) is 5.63. The van der Waals surface area contributed by atoms with E-state index in [1.165, 1.54) is 10.9 Å². The first-order chi connectivity index (χ1) is 17.7. The lowest BCUT2D eigenvalue weighted by atomic mass is 10.1. The lowest BCUT2D eigenvalue weighted by Crippen LogP contribution is -2.16. The lowest BCUT2D eigenvalue weighted by Gasteiger charge is -2.10. The topological polar surface area (TPSA) is 78.1 Å². The van der Waals surface area contributed by atoms with E-state index in [4.69, 9.17) is 10.5 Å². The summed E-state index contributed by atoms with van der Waals surface area (Å²) in [6.45, 7) is 4.02. The molecule has 188 valence electrons. The Morgan fingerprint density at radius 2 is 1.38 bits per heavy atom. The van der Waals surface area contributed by atoms with Gasteiger partial charge in [-0.1, -0.05) is 52.3 Å². The Morgan fingerprint density at radius 3 is 1.95 bits per heavy atom. The zero-order chi connectivity index (χ0) is 26.5. The first kappa shape index (κ1) is 26.2. The van der Waals surface area contributed by atoms with Gasteiger partial charge in [0.1, 0.15) is 18.0 Å². The van der Waals surface area contributed by atoms with Gasteiger partial charge in [0.05, 0.1) is 22.4 Å². The van der Waals surface area contributed by atoms with E-state index in [-0.39, 0.29) is 12.4 Å². The SMILES string of the molecule is Cc1ccc2ccc(CBr)nc2c1.Cc1ccc2ccc(COc3ccc(F)c(C(N)=O)c3F)nc2c1. The van der Waals surface area contributed by atoms with E-state index in [9.17, 15) is 13.6 Å². The summed E-state index contributed by atoms with van der Waals surface area (Å²) in [7, 11) is 0. The van der Waals surface area contributed by atoms with Gasteiger partial charge in [0, 0.05) is 16.1 Å². The zero-order valence-corrected chi connectivity index (χ0v) is 21.9. The summed E-state index contributed by atoms with van der Waals surface area (Å²) in [5.41, 5.74) is 10.0. The van der Waals surface area contributed by atoms with Gasteiger partial charge in [0.25, 0.3) is 5.91 Å². The van der Waals surface area contributed by atoms with Crippen molar-refractivity contribution < 1.29 is 18.3 Å². The summed E-state index contributed by atoms with van der Waals surface area (Å²) in [5, 5.41) is 3.00. The maximum atomic E-state index is 14.1. The lowest BCUT2D eigenvalue weighted by molar-refractivity contribution is 0.0991. The van der Waals surface area contributed by atoms with E-state index >= 15 is 0 Å². The summed E-state index contributed by atoms with van der Waals surface area (Å²) in [6.07, 6.45) is 0. The van der Waals surface area contributed by atoms with Crippen LogP contribution in [0.15, 0.2) is 72.8 Å². The van der Waals surface area contributed by atoms with E-state index in [1.807, 2.05) is 37.3 Å². The number of halogens is 3. The fourth-order valence-corrected chi connectivity index (χ4v) is 4.03. The fourth-order valence-electron chi connectivity index (χ4n) is 3.72. The van der Waals surface area contributed by atoms with E-state index in [0.29, 0.717) is 5.69 Å². The number of hydrogen-bond donors (Lipinski definition) is 1. The number of ether oxygens (including phenoxy) is 1. The Kier molecular flexibility index (Phi) is 8.08. The molecule has 0 saturated carbocycles. The van der Waals surface area contributed by atoms with Crippen LogP contribution in [0.2, 0.25) is 0 Å². The Bertz CT molecular complexity index is 1610. The van der Waals surface area contributed by atoms with Gasteiger partial charge < -0.3 is 10.5 Å². The number of fused-ring (bicyclic) bond motifs is 2. The molecule has 0 spiro atoms. The molecular formula is C29H24BrF2N3O2. The van der Waals surface area contributed by atoms with Crippen LogP contribution in [0, 0.1) is 25.5 Å². The number of rotatable bonds is 5. The van der Waals surface area contributed by atoms with Crippen LogP contribution < -0.4 is 10.5 Å². The summed E-state index contributed by atoms with van der Waals surface area (Å²) < 4.78 is 32.9. The van der Waals surface area contributed by atoms with E-state index < -0.39 is 23.1 Å². The van der Waals surface area contributed by atoms with Crippen LogP contribution in [0.3, 0.4) is 0 Å². The van der Waals surface area contributed by atoms with E-state index in [0.717, 1.165) is 45.1 Å². The first-order valence-corrected chi connectivity index (χ1v) is 12.6. The van der Waals surface area contributed by atoms with Gasteiger partial charge in [-0.2, -0.15) is 0 Å². The molecule has 0 aliphatic carbocycles. The average molecular weight is 564 g/mol. The van der Waals surface area contributed by atoms with Gasteiger partial charge in [-0.05, 0) is 61.4 Å². The van der Waals surface area contributed by atoms with Crippen LogP contribution in [0.1, 0.15) is 32.9 Å². The molecular weight excluding hydrogens is 540 g/mol. The number of carbonyl (C=O) groups excluding carboxylic acids is 1. The highest BCUT2D eigenvalue weighted by Gasteiger charge is 2.19. The molecule has 5 nitrogen and oxygen atoms in total. The van der Waals surface area contributed by atoms with Crippen LogP contribution in [0.4, 0.5) is 8.78 Å². The molecule has 2 heterocycles. The summed E-state index contributed by atoms with van der Waals surface area (Å²) in [5.74, 6) is -3.57. The van der Waals surface area contributed by atoms with Gasteiger partial charge in [-0.15, -0.1) is 0 Å². The quantitative estimate of drug-likeness (QED) is 0.235. The van der Waals surface area contributed by atoms with Crippen LogP contribution in [-0.4, -0.2) is 15.9 Å². The molecule has 1 amide bonds. The maximum absolute atomic E-state index is 14.1.